The van der Waals surface area contributed by atoms with Gasteiger partial charge in [-0.2, -0.15) is 0 Å². The van der Waals surface area contributed by atoms with Crippen LogP contribution < -0.4 is 4.90 Å². The molecule has 0 atom stereocenters. The van der Waals surface area contributed by atoms with Crippen molar-refractivity contribution in [3.8, 4) is 0 Å². The van der Waals surface area contributed by atoms with Gasteiger partial charge in [0, 0.05) is 16.2 Å². The molecule has 1 N–H and O–H groups in total. The van der Waals surface area contributed by atoms with E-state index in [1.165, 1.54) is 24.3 Å². The van der Waals surface area contributed by atoms with E-state index in [0.717, 1.165) is 11.1 Å². The van der Waals surface area contributed by atoms with Crippen LogP contribution in [0, 0.1) is 5.82 Å². The zero-order valence-electron chi connectivity index (χ0n) is 18.4. The zero-order valence-corrected chi connectivity index (χ0v) is 19.2. The number of carboxylic acid groups (broad SMARTS) is 1. The van der Waals surface area contributed by atoms with Gasteiger partial charge in [-0.25, -0.2) is 9.18 Å². The largest absolute Gasteiger partial charge is 0.478 e. The van der Waals surface area contributed by atoms with Gasteiger partial charge in [0.25, 0.3) is 5.91 Å². The van der Waals surface area contributed by atoms with Crippen LogP contribution in [0.25, 0.3) is 11.1 Å². The van der Waals surface area contributed by atoms with Gasteiger partial charge in [0.15, 0.2) is 0 Å². The van der Waals surface area contributed by atoms with Crippen LogP contribution in [0.3, 0.4) is 0 Å². The molecule has 0 fully saturated rings. The van der Waals surface area contributed by atoms with Gasteiger partial charge in [0.05, 0.1) is 23.4 Å². The first-order valence-corrected chi connectivity index (χ1v) is 11.3. The topological polar surface area (TPSA) is 57.6 Å². The second-order valence-electron chi connectivity index (χ2n) is 8.18. The summed E-state index contributed by atoms with van der Waals surface area (Å²) < 4.78 is 14.4. The number of fused-ring (bicyclic) bond motifs is 1. The predicted molar refractivity (Wildman–Crippen MR) is 135 cm³/mol. The molecule has 0 aromatic heterocycles. The maximum Gasteiger partial charge on any atom is 0.335 e. The number of rotatable bonds is 5. The standard InChI is InChI=1S/C29H19ClFNO3/c30-22-11-9-20(10-12-22)26(19-6-2-1-3-7-19)27-24-16-23(31)13-14-25(24)32(28(27)33)17-18-5-4-8-21(15-18)29(34)35/h1-16H,17H2,(H,34,35)/b27-26+. The summed E-state index contributed by atoms with van der Waals surface area (Å²) in [7, 11) is 0. The van der Waals surface area contributed by atoms with Gasteiger partial charge in [-0.05, 0) is 59.2 Å². The van der Waals surface area contributed by atoms with Crippen molar-refractivity contribution < 1.29 is 19.1 Å². The molecule has 172 valence electrons. The number of amides is 1. The molecule has 1 amide bonds. The van der Waals surface area contributed by atoms with Crippen molar-refractivity contribution in [3.63, 3.8) is 0 Å². The lowest BCUT2D eigenvalue weighted by Crippen LogP contribution is -2.26. The molecular weight excluding hydrogens is 465 g/mol. The minimum Gasteiger partial charge on any atom is -0.478 e. The highest BCUT2D eigenvalue weighted by Crippen LogP contribution is 2.44. The lowest BCUT2D eigenvalue weighted by molar-refractivity contribution is -0.113. The highest BCUT2D eigenvalue weighted by Gasteiger charge is 2.35. The maximum absolute atomic E-state index is 14.4. The summed E-state index contributed by atoms with van der Waals surface area (Å²) in [6.45, 7) is 0.144. The zero-order chi connectivity index (χ0) is 24.5. The minimum absolute atomic E-state index is 0.135. The van der Waals surface area contributed by atoms with Crippen LogP contribution in [0.4, 0.5) is 10.1 Å². The molecule has 0 bridgehead atoms. The summed E-state index contributed by atoms with van der Waals surface area (Å²) in [6, 6.07) is 27.4. The summed E-state index contributed by atoms with van der Waals surface area (Å²) >= 11 is 6.12. The molecule has 35 heavy (non-hydrogen) atoms. The van der Waals surface area contributed by atoms with Crippen LogP contribution in [-0.2, 0) is 11.3 Å². The normalized spacial score (nSPS) is 14.1. The average Bonchev–Trinajstić information content (AvgIpc) is 3.12. The predicted octanol–water partition coefficient (Wildman–Crippen LogP) is 6.68. The SMILES string of the molecule is O=C(O)c1cccc(CN2C(=O)/C(=C(\c3ccccc3)c3ccc(Cl)cc3)c3cc(F)ccc32)c1. The second kappa shape index (κ2) is 9.20. The molecule has 0 radical (unpaired) electrons. The average molecular weight is 484 g/mol. The number of hydrogen-bond acceptors (Lipinski definition) is 2. The first-order chi connectivity index (χ1) is 16.9. The van der Waals surface area contributed by atoms with Gasteiger partial charge in [0.2, 0.25) is 0 Å². The molecule has 4 aromatic rings. The molecule has 5 rings (SSSR count). The lowest BCUT2D eigenvalue weighted by atomic mass is 9.90. The van der Waals surface area contributed by atoms with E-state index < -0.39 is 11.8 Å². The van der Waals surface area contributed by atoms with Crippen molar-refractivity contribution in [1.82, 2.24) is 0 Å². The van der Waals surface area contributed by atoms with E-state index in [9.17, 15) is 19.1 Å². The Morgan fingerprint density at radius 1 is 0.829 bits per heavy atom. The third kappa shape index (κ3) is 4.34. The van der Waals surface area contributed by atoms with E-state index >= 15 is 0 Å². The molecule has 0 saturated carbocycles. The fourth-order valence-electron chi connectivity index (χ4n) is 4.36. The first-order valence-electron chi connectivity index (χ1n) is 10.9. The van der Waals surface area contributed by atoms with E-state index in [1.54, 1.807) is 35.2 Å². The van der Waals surface area contributed by atoms with Gasteiger partial charge >= 0.3 is 5.97 Å². The molecule has 4 aromatic carbocycles. The number of anilines is 1. The Balaban J connectivity index is 1.71. The van der Waals surface area contributed by atoms with Gasteiger partial charge in [0.1, 0.15) is 5.82 Å². The monoisotopic (exact) mass is 483 g/mol. The Labute approximate surface area is 206 Å². The smallest absolute Gasteiger partial charge is 0.335 e. The van der Waals surface area contributed by atoms with Crippen LogP contribution in [0.15, 0.2) is 97.1 Å². The summed E-state index contributed by atoms with van der Waals surface area (Å²) in [4.78, 5) is 26.9. The molecule has 0 saturated heterocycles. The van der Waals surface area contributed by atoms with Crippen molar-refractivity contribution in [3.05, 3.63) is 136 Å². The van der Waals surface area contributed by atoms with Crippen molar-refractivity contribution >= 4 is 40.3 Å². The number of nitrogens with zero attached hydrogens (tertiary/aromatic N) is 1. The van der Waals surface area contributed by atoms with E-state index in [-0.39, 0.29) is 18.0 Å². The minimum atomic E-state index is -1.04. The molecule has 6 heteroatoms. The second-order valence-corrected chi connectivity index (χ2v) is 8.62. The van der Waals surface area contributed by atoms with Crippen LogP contribution >= 0.6 is 11.6 Å². The van der Waals surface area contributed by atoms with Crippen LogP contribution in [-0.4, -0.2) is 17.0 Å². The van der Waals surface area contributed by atoms with E-state index in [4.69, 9.17) is 11.6 Å². The highest BCUT2D eigenvalue weighted by molar-refractivity contribution is 6.39. The molecule has 1 aliphatic rings. The molecule has 1 heterocycles. The van der Waals surface area contributed by atoms with Gasteiger partial charge in [-0.3, -0.25) is 4.79 Å². The number of halogens is 2. The van der Waals surface area contributed by atoms with E-state index in [0.29, 0.717) is 33.0 Å². The van der Waals surface area contributed by atoms with Gasteiger partial charge in [-0.1, -0.05) is 66.2 Å². The molecule has 0 aliphatic carbocycles. The fourth-order valence-corrected chi connectivity index (χ4v) is 4.49. The number of carboxylic acids is 1. The fraction of sp³-hybridized carbons (Fsp3) is 0.0345. The first kappa shape index (κ1) is 22.6. The Hall–Kier alpha value is -4.22. The molecular formula is C29H19ClFNO3. The Kier molecular flexibility index (Phi) is 5.93. The van der Waals surface area contributed by atoms with Crippen molar-refractivity contribution in [2.24, 2.45) is 0 Å². The quantitative estimate of drug-likeness (QED) is 0.322. The Bertz CT molecular complexity index is 1480. The van der Waals surface area contributed by atoms with Crippen LogP contribution in [0.2, 0.25) is 5.02 Å². The number of aromatic carboxylic acids is 1. The molecule has 0 spiro atoms. The Morgan fingerprint density at radius 2 is 1.51 bits per heavy atom. The third-order valence-corrected chi connectivity index (χ3v) is 6.19. The number of benzene rings is 4. The lowest BCUT2D eigenvalue weighted by Gasteiger charge is -2.18. The highest BCUT2D eigenvalue weighted by atomic mass is 35.5. The number of hydrogen-bond donors (Lipinski definition) is 1. The van der Waals surface area contributed by atoms with Crippen molar-refractivity contribution in [1.29, 1.82) is 0 Å². The molecule has 4 nitrogen and oxygen atoms in total. The van der Waals surface area contributed by atoms with Crippen LogP contribution in [0.1, 0.15) is 32.6 Å². The van der Waals surface area contributed by atoms with Gasteiger partial charge in [-0.15, -0.1) is 0 Å². The van der Waals surface area contributed by atoms with Crippen LogP contribution in [0.5, 0.6) is 0 Å². The number of carbonyl (C=O) groups is 2. The van der Waals surface area contributed by atoms with Crippen molar-refractivity contribution in [2.45, 2.75) is 6.54 Å². The molecule has 1 aliphatic heterocycles. The summed E-state index contributed by atoms with van der Waals surface area (Å²) in [5.74, 6) is -1.79. The third-order valence-electron chi connectivity index (χ3n) is 5.94. The summed E-state index contributed by atoms with van der Waals surface area (Å²) in [6.07, 6.45) is 0. The van der Waals surface area contributed by atoms with Crippen molar-refractivity contribution in [2.75, 3.05) is 4.90 Å². The Morgan fingerprint density at radius 3 is 2.23 bits per heavy atom. The summed E-state index contributed by atoms with van der Waals surface area (Å²) in [5.41, 5.74) is 4.46. The number of carbonyl (C=O) groups excluding carboxylic acids is 1. The maximum atomic E-state index is 14.4. The van der Waals surface area contributed by atoms with E-state index in [2.05, 4.69) is 0 Å². The van der Waals surface area contributed by atoms with E-state index in [1.807, 2.05) is 42.5 Å². The summed E-state index contributed by atoms with van der Waals surface area (Å²) in [5, 5.41) is 9.92. The van der Waals surface area contributed by atoms with Gasteiger partial charge < -0.3 is 10.0 Å². The molecule has 0 unspecified atom stereocenters.